The van der Waals surface area contributed by atoms with Crippen molar-refractivity contribution >= 4 is 0 Å². The Hall–Kier alpha value is -0.870. The first-order valence-corrected chi connectivity index (χ1v) is 6.09. The third-order valence-electron chi connectivity index (χ3n) is 3.67. The lowest BCUT2D eigenvalue weighted by Crippen LogP contribution is -2.18. The number of ether oxygens (including phenoxy) is 1. The normalized spacial score (nSPS) is 34.7. The number of oxazole rings is 1. The van der Waals surface area contributed by atoms with Crippen molar-refractivity contribution < 1.29 is 9.15 Å². The average Bonchev–Trinajstić information content (AvgIpc) is 2.98. The summed E-state index contributed by atoms with van der Waals surface area (Å²) in [7, 11) is 0. The van der Waals surface area contributed by atoms with Crippen LogP contribution in [0.2, 0.25) is 0 Å². The minimum absolute atomic E-state index is 0.239. The molecule has 4 heteroatoms. The van der Waals surface area contributed by atoms with E-state index in [9.17, 15) is 0 Å². The molecule has 3 heterocycles. The lowest BCUT2D eigenvalue weighted by atomic mass is 10.0. The zero-order valence-corrected chi connectivity index (χ0v) is 9.66. The van der Waals surface area contributed by atoms with Gasteiger partial charge in [-0.15, -0.1) is 0 Å². The molecule has 2 unspecified atom stereocenters. The van der Waals surface area contributed by atoms with Crippen LogP contribution in [0.5, 0.6) is 0 Å². The first kappa shape index (κ1) is 10.3. The number of nitrogens with one attached hydrogen (secondary N) is 1. The Labute approximate surface area is 95.4 Å². The van der Waals surface area contributed by atoms with Crippen molar-refractivity contribution in [2.45, 2.75) is 37.7 Å². The van der Waals surface area contributed by atoms with Crippen LogP contribution in [0, 0.1) is 0 Å². The highest BCUT2D eigenvalue weighted by Gasteiger charge is 2.36. The van der Waals surface area contributed by atoms with Gasteiger partial charge in [0.2, 0.25) is 0 Å². The Bertz CT molecular complexity index is 363. The molecule has 0 bridgehead atoms. The van der Waals surface area contributed by atoms with Crippen molar-refractivity contribution in [1.29, 1.82) is 0 Å². The van der Waals surface area contributed by atoms with E-state index in [1.54, 1.807) is 0 Å². The Balaban J connectivity index is 1.81. The van der Waals surface area contributed by atoms with Gasteiger partial charge in [0.25, 0.3) is 0 Å². The number of rotatable bonds is 2. The van der Waals surface area contributed by atoms with Crippen LogP contribution in [0.4, 0.5) is 0 Å². The molecule has 88 valence electrons. The number of hydrogen-bond acceptors (Lipinski definition) is 4. The molecular weight excluding hydrogens is 204 g/mol. The molecule has 0 aromatic carbocycles. The fourth-order valence-corrected chi connectivity index (χ4v) is 2.56. The summed E-state index contributed by atoms with van der Waals surface area (Å²) in [4.78, 5) is 4.40. The molecule has 2 aliphatic rings. The van der Waals surface area contributed by atoms with Crippen molar-refractivity contribution in [3.63, 3.8) is 0 Å². The van der Waals surface area contributed by atoms with Crippen molar-refractivity contribution in [1.82, 2.24) is 10.3 Å². The second-order valence-corrected chi connectivity index (χ2v) is 4.94. The topological polar surface area (TPSA) is 47.3 Å². The summed E-state index contributed by atoms with van der Waals surface area (Å²) in [5, 5.41) is 3.33. The summed E-state index contributed by atoms with van der Waals surface area (Å²) in [6.45, 7) is 4.97. The van der Waals surface area contributed by atoms with Crippen molar-refractivity contribution in [2.75, 3.05) is 19.7 Å². The monoisotopic (exact) mass is 222 g/mol. The van der Waals surface area contributed by atoms with E-state index in [-0.39, 0.29) is 5.60 Å². The van der Waals surface area contributed by atoms with E-state index in [4.69, 9.17) is 9.15 Å². The molecule has 16 heavy (non-hydrogen) atoms. The maximum Gasteiger partial charge on any atom is 0.198 e. The second kappa shape index (κ2) is 3.86. The van der Waals surface area contributed by atoms with E-state index in [0.29, 0.717) is 5.92 Å². The quantitative estimate of drug-likeness (QED) is 0.828. The highest BCUT2D eigenvalue weighted by Crippen LogP contribution is 2.37. The molecule has 2 fully saturated rings. The third kappa shape index (κ3) is 1.66. The molecule has 0 radical (unpaired) electrons. The van der Waals surface area contributed by atoms with E-state index >= 15 is 0 Å². The van der Waals surface area contributed by atoms with Crippen molar-refractivity contribution in [3.05, 3.63) is 17.8 Å². The van der Waals surface area contributed by atoms with Crippen molar-refractivity contribution in [3.8, 4) is 0 Å². The Kier molecular flexibility index (Phi) is 2.48. The van der Waals surface area contributed by atoms with Gasteiger partial charge in [-0.1, -0.05) is 0 Å². The summed E-state index contributed by atoms with van der Waals surface area (Å²) >= 11 is 0. The predicted octanol–water partition coefficient (Wildman–Crippen LogP) is 1.78. The van der Waals surface area contributed by atoms with Gasteiger partial charge in [-0.25, -0.2) is 4.98 Å². The van der Waals surface area contributed by atoms with Gasteiger partial charge in [-0.05, 0) is 32.7 Å². The Morgan fingerprint density at radius 1 is 1.56 bits per heavy atom. The van der Waals surface area contributed by atoms with Gasteiger partial charge in [-0.3, -0.25) is 0 Å². The van der Waals surface area contributed by atoms with Gasteiger partial charge < -0.3 is 14.5 Å². The van der Waals surface area contributed by atoms with Crippen LogP contribution in [-0.4, -0.2) is 24.7 Å². The van der Waals surface area contributed by atoms with E-state index in [1.165, 1.54) is 0 Å². The van der Waals surface area contributed by atoms with Crippen LogP contribution in [0.15, 0.2) is 10.6 Å². The lowest BCUT2D eigenvalue weighted by Gasteiger charge is -2.19. The molecule has 1 aromatic heterocycles. The summed E-state index contributed by atoms with van der Waals surface area (Å²) in [5.74, 6) is 2.21. The number of hydrogen-bond donors (Lipinski definition) is 1. The van der Waals surface area contributed by atoms with Crippen LogP contribution in [0.3, 0.4) is 0 Å². The Morgan fingerprint density at radius 3 is 3.19 bits per heavy atom. The average molecular weight is 222 g/mol. The molecular formula is C12H18N2O2. The maximum atomic E-state index is 5.88. The highest BCUT2D eigenvalue weighted by molar-refractivity contribution is 5.09. The van der Waals surface area contributed by atoms with Crippen LogP contribution in [-0.2, 0) is 10.3 Å². The molecule has 2 saturated heterocycles. The van der Waals surface area contributed by atoms with Gasteiger partial charge in [0.05, 0.1) is 6.20 Å². The van der Waals surface area contributed by atoms with Gasteiger partial charge in [-0.2, -0.15) is 0 Å². The van der Waals surface area contributed by atoms with E-state index < -0.39 is 0 Å². The third-order valence-corrected chi connectivity index (χ3v) is 3.67. The minimum atomic E-state index is -0.239. The zero-order valence-electron chi connectivity index (χ0n) is 9.66. The minimum Gasteiger partial charge on any atom is -0.442 e. The van der Waals surface area contributed by atoms with Crippen LogP contribution in [0.25, 0.3) is 0 Å². The molecule has 0 saturated carbocycles. The lowest BCUT2D eigenvalue weighted by molar-refractivity contribution is -0.00186. The van der Waals surface area contributed by atoms with E-state index in [2.05, 4.69) is 17.2 Å². The van der Waals surface area contributed by atoms with Crippen LogP contribution < -0.4 is 5.32 Å². The number of aromatic nitrogens is 1. The first-order valence-electron chi connectivity index (χ1n) is 6.09. The molecule has 4 nitrogen and oxygen atoms in total. The summed E-state index contributed by atoms with van der Waals surface area (Å²) in [6, 6.07) is 0. The number of nitrogens with zero attached hydrogens (tertiary/aromatic N) is 1. The standard InChI is InChI=1S/C12H18N2O2/c1-12(4-2-6-15-12)10-8-14-11(16-10)9-3-5-13-7-9/h8-9,13H,2-7H2,1H3. The SMILES string of the molecule is CC1(c2cnc(C3CCNC3)o2)CCCO1. The van der Waals surface area contributed by atoms with Gasteiger partial charge in [0.1, 0.15) is 5.60 Å². The molecule has 0 aliphatic carbocycles. The second-order valence-electron chi connectivity index (χ2n) is 4.94. The molecule has 3 rings (SSSR count). The molecule has 2 atom stereocenters. The fraction of sp³-hybridized carbons (Fsp3) is 0.750. The fourth-order valence-electron chi connectivity index (χ4n) is 2.56. The summed E-state index contributed by atoms with van der Waals surface area (Å²) in [5.41, 5.74) is -0.239. The van der Waals surface area contributed by atoms with Crippen LogP contribution in [0.1, 0.15) is 43.8 Å². The predicted molar refractivity (Wildman–Crippen MR) is 59.3 cm³/mol. The van der Waals surface area contributed by atoms with Crippen LogP contribution >= 0.6 is 0 Å². The molecule has 0 spiro atoms. The van der Waals surface area contributed by atoms with Crippen molar-refractivity contribution in [2.24, 2.45) is 0 Å². The first-order chi connectivity index (χ1) is 7.78. The maximum absolute atomic E-state index is 5.88. The van der Waals surface area contributed by atoms with E-state index in [1.807, 2.05) is 6.20 Å². The summed E-state index contributed by atoms with van der Waals surface area (Å²) < 4.78 is 11.6. The van der Waals surface area contributed by atoms with Gasteiger partial charge in [0.15, 0.2) is 11.7 Å². The molecule has 2 aliphatic heterocycles. The molecule has 1 aromatic rings. The van der Waals surface area contributed by atoms with Gasteiger partial charge >= 0.3 is 0 Å². The molecule has 0 amide bonds. The van der Waals surface area contributed by atoms with Gasteiger partial charge in [0, 0.05) is 19.1 Å². The van der Waals surface area contributed by atoms with E-state index in [0.717, 1.165) is 50.6 Å². The zero-order chi connectivity index (χ0) is 11.0. The smallest absolute Gasteiger partial charge is 0.198 e. The highest BCUT2D eigenvalue weighted by atomic mass is 16.5. The largest absolute Gasteiger partial charge is 0.442 e. The Morgan fingerprint density at radius 2 is 2.50 bits per heavy atom. The molecule has 1 N–H and O–H groups in total. The summed E-state index contributed by atoms with van der Waals surface area (Å²) in [6.07, 6.45) is 5.11.